The molecule has 21 heavy (non-hydrogen) atoms. The lowest BCUT2D eigenvalue weighted by molar-refractivity contribution is 0.262. The monoisotopic (exact) mass is 277 g/mol. The van der Waals surface area contributed by atoms with Crippen molar-refractivity contribution >= 4 is 17.4 Å². The van der Waals surface area contributed by atoms with E-state index in [2.05, 4.69) is 10.6 Å². The molecule has 0 bridgehead atoms. The van der Waals surface area contributed by atoms with Crippen LogP contribution < -0.4 is 10.6 Å². The van der Waals surface area contributed by atoms with Gasteiger partial charge in [-0.3, -0.25) is 0 Å². The Morgan fingerprint density at radius 2 is 1.43 bits per heavy atom. The summed E-state index contributed by atoms with van der Waals surface area (Å²) in [6, 6.07) is 20.6. The van der Waals surface area contributed by atoms with E-state index in [1.54, 1.807) is 0 Å². The molecule has 3 rings (SSSR count). The van der Waals surface area contributed by atoms with E-state index in [1.807, 2.05) is 83.7 Å². The van der Waals surface area contributed by atoms with Crippen molar-refractivity contribution in [2.75, 3.05) is 10.6 Å². The summed E-state index contributed by atoms with van der Waals surface area (Å²) >= 11 is 0. The third-order valence-electron chi connectivity index (χ3n) is 3.07. The van der Waals surface area contributed by atoms with E-state index in [1.165, 1.54) is 0 Å². The molecule has 0 atom stereocenters. The molecule has 2 amide bonds. The number of benzene rings is 2. The lowest BCUT2D eigenvalue weighted by atomic mass is 10.2. The van der Waals surface area contributed by atoms with Gasteiger partial charge in [0.2, 0.25) is 0 Å². The van der Waals surface area contributed by atoms with Crippen molar-refractivity contribution in [2.24, 2.45) is 0 Å². The number of hydrogen-bond donors (Lipinski definition) is 2. The zero-order valence-corrected chi connectivity index (χ0v) is 11.4. The van der Waals surface area contributed by atoms with Crippen LogP contribution >= 0.6 is 0 Å². The van der Waals surface area contributed by atoms with Crippen LogP contribution in [0.25, 0.3) is 5.69 Å². The molecule has 0 fully saturated rings. The molecule has 0 unspecified atom stereocenters. The van der Waals surface area contributed by atoms with Gasteiger partial charge in [0, 0.05) is 18.1 Å². The van der Waals surface area contributed by atoms with Crippen molar-refractivity contribution in [2.45, 2.75) is 0 Å². The summed E-state index contributed by atoms with van der Waals surface area (Å²) in [5.41, 5.74) is 2.43. The maximum absolute atomic E-state index is 12.1. The number of carbonyl (C=O) groups is 1. The van der Waals surface area contributed by atoms with Gasteiger partial charge in [-0.25, -0.2) is 4.79 Å². The lowest BCUT2D eigenvalue weighted by Crippen LogP contribution is -2.20. The molecule has 1 aromatic heterocycles. The first-order valence-corrected chi connectivity index (χ1v) is 6.68. The summed E-state index contributed by atoms with van der Waals surface area (Å²) in [6.45, 7) is 0. The molecule has 0 saturated carbocycles. The topological polar surface area (TPSA) is 46.1 Å². The van der Waals surface area contributed by atoms with E-state index >= 15 is 0 Å². The standard InChI is InChI=1S/C17H15N3O/c21-17(18-14-8-2-1-3-9-14)19-15-10-4-5-11-16(15)20-12-6-7-13-20/h1-13H,(H2,18,19,21). The Balaban J connectivity index is 1.78. The number of carbonyl (C=O) groups excluding carboxylic acids is 1. The van der Waals surface area contributed by atoms with Gasteiger partial charge in [0.05, 0.1) is 11.4 Å². The van der Waals surface area contributed by atoms with E-state index in [-0.39, 0.29) is 6.03 Å². The van der Waals surface area contributed by atoms with Gasteiger partial charge < -0.3 is 15.2 Å². The summed E-state index contributed by atoms with van der Waals surface area (Å²) in [5.74, 6) is 0. The van der Waals surface area contributed by atoms with E-state index in [0.29, 0.717) is 0 Å². The van der Waals surface area contributed by atoms with Crippen LogP contribution in [0.5, 0.6) is 0 Å². The molecular formula is C17H15N3O. The number of rotatable bonds is 3. The van der Waals surface area contributed by atoms with Crippen LogP contribution in [0.1, 0.15) is 0 Å². The van der Waals surface area contributed by atoms with Crippen LogP contribution in [-0.4, -0.2) is 10.6 Å². The van der Waals surface area contributed by atoms with Crippen molar-refractivity contribution < 1.29 is 4.79 Å². The van der Waals surface area contributed by atoms with E-state index in [4.69, 9.17) is 0 Å². The molecule has 0 aliphatic carbocycles. The maximum Gasteiger partial charge on any atom is 0.323 e. The first-order valence-electron chi connectivity index (χ1n) is 6.68. The van der Waals surface area contributed by atoms with E-state index < -0.39 is 0 Å². The van der Waals surface area contributed by atoms with Gasteiger partial charge in [-0.15, -0.1) is 0 Å². The Hall–Kier alpha value is -3.01. The second-order valence-electron chi connectivity index (χ2n) is 4.55. The van der Waals surface area contributed by atoms with Crippen LogP contribution in [0.3, 0.4) is 0 Å². The third kappa shape index (κ3) is 3.12. The maximum atomic E-state index is 12.1. The largest absolute Gasteiger partial charge is 0.323 e. The van der Waals surface area contributed by atoms with Gasteiger partial charge in [0.1, 0.15) is 0 Å². The summed E-state index contributed by atoms with van der Waals surface area (Å²) in [7, 11) is 0. The molecule has 4 nitrogen and oxygen atoms in total. The van der Waals surface area contributed by atoms with Crippen LogP contribution in [0.2, 0.25) is 0 Å². The average molecular weight is 277 g/mol. The highest BCUT2D eigenvalue weighted by Gasteiger charge is 2.07. The van der Waals surface area contributed by atoms with Gasteiger partial charge in [-0.1, -0.05) is 30.3 Å². The molecule has 104 valence electrons. The third-order valence-corrected chi connectivity index (χ3v) is 3.07. The molecule has 3 aromatic rings. The fraction of sp³-hybridized carbons (Fsp3) is 0. The number of nitrogens with one attached hydrogen (secondary N) is 2. The minimum atomic E-state index is -0.263. The van der Waals surface area contributed by atoms with Gasteiger partial charge in [0.15, 0.2) is 0 Å². The van der Waals surface area contributed by atoms with Crippen molar-refractivity contribution in [3.05, 3.63) is 79.1 Å². The van der Waals surface area contributed by atoms with E-state index in [0.717, 1.165) is 17.1 Å². The van der Waals surface area contributed by atoms with E-state index in [9.17, 15) is 4.79 Å². The van der Waals surface area contributed by atoms with Gasteiger partial charge in [0.25, 0.3) is 0 Å². The zero-order valence-electron chi connectivity index (χ0n) is 11.4. The lowest BCUT2D eigenvalue weighted by Gasteiger charge is -2.12. The van der Waals surface area contributed by atoms with Crippen LogP contribution in [0.15, 0.2) is 79.1 Å². The smallest absolute Gasteiger partial charge is 0.322 e. The van der Waals surface area contributed by atoms with Crippen molar-refractivity contribution in [1.82, 2.24) is 4.57 Å². The molecule has 0 saturated heterocycles. The number of nitrogens with zero attached hydrogens (tertiary/aromatic N) is 1. The SMILES string of the molecule is O=C(Nc1ccccc1)Nc1ccccc1-n1cccc1. The predicted molar refractivity (Wildman–Crippen MR) is 84.9 cm³/mol. The first-order chi connectivity index (χ1) is 10.3. The minimum Gasteiger partial charge on any atom is -0.322 e. The minimum absolute atomic E-state index is 0.263. The van der Waals surface area contributed by atoms with Crippen molar-refractivity contribution in [3.63, 3.8) is 0 Å². The second kappa shape index (κ2) is 5.96. The molecule has 0 aliphatic rings. The summed E-state index contributed by atoms with van der Waals surface area (Å²) in [6.07, 6.45) is 3.88. The number of amides is 2. The van der Waals surface area contributed by atoms with Crippen LogP contribution in [0.4, 0.5) is 16.2 Å². The molecule has 0 spiro atoms. The summed E-state index contributed by atoms with van der Waals surface area (Å²) in [4.78, 5) is 12.1. The highest BCUT2D eigenvalue weighted by atomic mass is 16.2. The van der Waals surface area contributed by atoms with Crippen LogP contribution in [0, 0.1) is 0 Å². The zero-order chi connectivity index (χ0) is 14.5. The number of hydrogen-bond acceptors (Lipinski definition) is 1. The summed E-state index contributed by atoms with van der Waals surface area (Å²) in [5, 5.41) is 5.68. The number of urea groups is 1. The molecule has 4 heteroatoms. The molecule has 0 aliphatic heterocycles. The molecule has 2 N–H and O–H groups in total. The average Bonchev–Trinajstić information content (AvgIpc) is 3.03. The van der Waals surface area contributed by atoms with Crippen molar-refractivity contribution in [1.29, 1.82) is 0 Å². The Labute approximate surface area is 123 Å². The molecule has 0 radical (unpaired) electrons. The fourth-order valence-electron chi connectivity index (χ4n) is 2.11. The van der Waals surface area contributed by atoms with Gasteiger partial charge >= 0.3 is 6.03 Å². The Bertz CT molecular complexity index is 721. The summed E-state index contributed by atoms with van der Waals surface area (Å²) < 4.78 is 1.96. The Morgan fingerprint density at radius 1 is 0.762 bits per heavy atom. The second-order valence-corrected chi connectivity index (χ2v) is 4.55. The van der Waals surface area contributed by atoms with Crippen LogP contribution in [-0.2, 0) is 0 Å². The van der Waals surface area contributed by atoms with Crippen molar-refractivity contribution in [3.8, 4) is 5.69 Å². The highest BCUT2D eigenvalue weighted by molar-refractivity contribution is 6.00. The quantitative estimate of drug-likeness (QED) is 0.743. The first kappa shape index (κ1) is 13.0. The number of anilines is 2. The highest BCUT2D eigenvalue weighted by Crippen LogP contribution is 2.20. The normalized spacial score (nSPS) is 10.1. The van der Waals surface area contributed by atoms with Gasteiger partial charge in [-0.2, -0.15) is 0 Å². The predicted octanol–water partition coefficient (Wildman–Crippen LogP) is 4.12. The number of para-hydroxylation sites is 3. The number of aromatic nitrogens is 1. The molecule has 2 aromatic carbocycles. The van der Waals surface area contributed by atoms with Gasteiger partial charge in [-0.05, 0) is 36.4 Å². The Morgan fingerprint density at radius 3 is 2.19 bits per heavy atom. The molecule has 1 heterocycles. The fourth-order valence-corrected chi connectivity index (χ4v) is 2.11. The molecular weight excluding hydrogens is 262 g/mol. The Kier molecular flexibility index (Phi) is 3.69.